The minimum atomic E-state index is 0.124. The Morgan fingerprint density at radius 3 is 3.17 bits per heavy atom. The van der Waals surface area contributed by atoms with E-state index in [1.165, 1.54) is 16.3 Å². The summed E-state index contributed by atoms with van der Waals surface area (Å²) in [6.07, 6.45) is 5.56. The molecule has 6 heteroatoms. The van der Waals surface area contributed by atoms with Crippen LogP contribution in [-0.4, -0.2) is 33.9 Å². The second kappa shape index (κ2) is 5.16. The highest BCUT2D eigenvalue weighted by Gasteiger charge is 2.28. The molecule has 0 aliphatic carbocycles. The highest BCUT2D eigenvalue weighted by molar-refractivity contribution is 7.11. The fraction of sp³-hybridized carbons (Fsp3) is 0.417. The summed E-state index contributed by atoms with van der Waals surface area (Å²) in [5.74, 6) is 0.673. The van der Waals surface area contributed by atoms with Crippen molar-refractivity contribution >= 4 is 28.6 Å². The molecule has 0 aromatic carbocycles. The first-order chi connectivity index (χ1) is 8.83. The molecule has 0 N–H and O–H groups in total. The monoisotopic (exact) mass is 279 g/mol. The largest absolute Gasteiger partial charge is 0.338 e. The molecule has 3 rings (SSSR count). The minimum absolute atomic E-state index is 0.124. The highest BCUT2D eigenvalue weighted by Crippen LogP contribution is 2.23. The predicted octanol–water partition coefficient (Wildman–Crippen LogP) is 2.30. The van der Waals surface area contributed by atoms with Crippen molar-refractivity contribution in [3.05, 3.63) is 33.2 Å². The summed E-state index contributed by atoms with van der Waals surface area (Å²) in [5.41, 5.74) is 1.70. The Hall–Kier alpha value is -1.27. The Balaban J connectivity index is 1.60. The number of thiazole rings is 2. The van der Waals surface area contributed by atoms with Gasteiger partial charge in [0.25, 0.3) is 5.91 Å². The average Bonchev–Trinajstić information content (AvgIpc) is 3.11. The zero-order chi connectivity index (χ0) is 12.4. The summed E-state index contributed by atoms with van der Waals surface area (Å²) in [4.78, 5) is 23.1. The zero-order valence-electron chi connectivity index (χ0n) is 9.78. The van der Waals surface area contributed by atoms with Gasteiger partial charge < -0.3 is 4.90 Å². The third-order valence-corrected chi connectivity index (χ3v) is 4.73. The van der Waals surface area contributed by atoms with Crippen molar-refractivity contribution in [2.24, 2.45) is 5.92 Å². The van der Waals surface area contributed by atoms with Gasteiger partial charge in [-0.1, -0.05) is 0 Å². The van der Waals surface area contributed by atoms with E-state index in [9.17, 15) is 4.79 Å². The molecule has 18 heavy (non-hydrogen) atoms. The van der Waals surface area contributed by atoms with Crippen molar-refractivity contribution in [3.8, 4) is 0 Å². The quantitative estimate of drug-likeness (QED) is 0.866. The summed E-state index contributed by atoms with van der Waals surface area (Å²) < 4.78 is 0. The second-order valence-corrected chi connectivity index (χ2v) is 6.27. The summed E-state index contributed by atoms with van der Waals surface area (Å²) in [5, 5.41) is 3.18. The van der Waals surface area contributed by atoms with E-state index < -0.39 is 0 Å². The SMILES string of the molecule is O=C(c1cncs1)N1CCC(Cc2nccs2)C1. The van der Waals surface area contributed by atoms with Crippen LogP contribution >= 0.6 is 22.7 Å². The lowest BCUT2D eigenvalue weighted by Crippen LogP contribution is -2.28. The van der Waals surface area contributed by atoms with Crippen molar-refractivity contribution < 1.29 is 4.79 Å². The van der Waals surface area contributed by atoms with Crippen LogP contribution in [0.3, 0.4) is 0 Å². The Labute approximate surface area is 113 Å². The van der Waals surface area contributed by atoms with E-state index in [2.05, 4.69) is 9.97 Å². The molecule has 2 aromatic rings. The summed E-state index contributed by atoms with van der Waals surface area (Å²) in [6, 6.07) is 0. The molecule has 1 unspecified atom stereocenters. The Morgan fingerprint density at radius 1 is 1.50 bits per heavy atom. The molecular formula is C12H13N3OS2. The van der Waals surface area contributed by atoms with Crippen LogP contribution in [0.15, 0.2) is 23.3 Å². The summed E-state index contributed by atoms with van der Waals surface area (Å²) >= 11 is 3.11. The van der Waals surface area contributed by atoms with E-state index in [0.29, 0.717) is 5.92 Å². The third-order valence-electron chi connectivity index (χ3n) is 3.16. The van der Waals surface area contributed by atoms with Gasteiger partial charge in [0.1, 0.15) is 4.88 Å². The number of hydrogen-bond donors (Lipinski definition) is 0. The number of rotatable bonds is 3. The lowest BCUT2D eigenvalue weighted by Gasteiger charge is -2.14. The van der Waals surface area contributed by atoms with Crippen molar-refractivity contribution in [1.29, 1.82) is 0 Å². The lowest BCUT2D eigenvalue weighted by molar-refractivity contribution is 0.0791. The number of hydrogen-bond acceptors (Lipinski definition) is 5. The predicted molar refractivity (Wildman–Crippen MR) is 71.9 cm³/mol. The van der Waals surface area contributed by atoms with Crippen LogP contribution in [-0.2, 0) is 6.42 Å². The summed E-state index contributed by atoms with van der Waals surface area (Å²) in [7, 11) is 0. The van der Waals surface area contributed by atoms with E-state index in [4.69, 9.17) is 0 Å². The molecule has 0 radical (unpaired) electrons. The van der Waals surface area contributed by atoms with E-state index in [-0.39, 0.29) is 5.91 Å². The van der Waals surface area contributed by atoms with Crippen LogP contribution in [0.2, 0.25) is 0 Å². The van der Waals surface area contributed by atoms with Gasteiger partial charge in [-0.3, -0.25) is 9.78 Å². The van der Waals surface area contributed by atoms with Gasteiger partial charge in [0.05, 0.1) is 16.7 Å². The van der Waals surface area contributed by atoms with Gasteiger partial charge in [-0.2, -0.15) is 0 Å². The molecule has 0 saturated carbocycles. The average molecular weight is 279 g/mol. The van der Waals surface area contributed by atoms with Crippen LogP contribution in [0.5, 0.6) is 0 Å². The van der Waals surface area contributed by atoms with Crippen LogP contribution < -0.4 is 0 Å². The van der Waals surface area contributed by atoms with Gasteiger partial charge in [-0.15, -0.1) is 22.7 Å². The molecule has 4 nitrogen and oxygen atoms in total. The van der Waals surface area contributed by atoms with E-state index in [1.54, 1.807) is 23.0 Å². The Morgan fingerprint density at radius 2 is 2.44 bits per heavy atom. The normalized spacial score (nSPS) is 19.3. The first-order valence-electron chi connectivity index (χ1n) is 5.89. The second-order valence-electron chi connectivity index (χ2n) is 4.40. The number of carbonyl (C=O) groups excluding carboxylic acids is 1. The van der Waals surface area contributed by atoms with Gasteiger partial charge >= 0.3 is 0 Å². The lowest BCUT2D eigenvalue weighted by atomic mass is 10.1. The Bertz CT molecular complexity index is 509. The fourth-order valence-electron chi connectivity index (χ4n) is 2.26. The maximum absolute atomic E-state index is 12.1. The van der Waals surface area contributed by atoms with Crippen LogP contribution in [0, 0.1) is 5.92 Å². The molecule has 1 fully saturated rings. The molecule has 94 valence electrons. The molecule has 0 spiro atoms. The van der Waals surface area contributed by atoms with Crippen molar-refractivity contribution in [2.75, 3.05) is 13.1 Å². The van der Waals surface area contributed by atoms with Crippen LogP contribution in [0.4, 0.5) is 0 Å². The number of carbonyl (C=O) groups is 1. The molecule has 2 aromatic heterocycles. The summed E-state index contributed by atoms with van der Waals surface area (Å²) in [6.45, 7) is 1.70. The van der Waals surface area contributed by atoms with Gasteiger partial charge in [0, 0.05) is 31.1 Å². The van der Waals surface area contributed by atoms with Gasteiger partial charge in [0.2, 0.25) is 0 Å². The molecule has 0 bridgehead atoms. The van der Waals surface area contributed by atoms with Crippen LogP contribution in [0.25, 0.3) is 0 Å². The first kappa shape index (κ1) is 11.8. The molecule has 1 atom stereocenters. The molecular weight excluding hydrogens is 266 g/mol. The molecule has 3 heterocycles. The van der Waals surface area contributed by atoms with E-state index >= 15 is 0 Å². The van der Waals surface area contributed by atoms with Crippen LogP contribution in [0.1, 0.15) is 21.1 Å². The van der Waals surface area contributed by atoms with Crippen molar-refractivity contribution in [2.45, 2.75) is 12.8 Å². The zero-order valence-corrected chi connectivity index (χ0v) is 11.4. The number of amides is 1. The van der Waals surface area contributed by atoms with E-state index in [1.807, 2.05) is 16.5 Å². The maximum Gasteiger partial charge on any atom is 0.265 e. The Kier molecular flexibility index (Phi) is 3.38. The number of likely N-dealkylation sites (tertiary alicyclic amines) is 1. The van der Waals surface area contributed by atoms with Crippen molar-refractivity contribution in [3.63, 3.8) is 0 Å². The fourth-order valence-corrected chi connectivity index (χ4v) is 3.58. The molecule has 1 amide bonds. The smallest absolute Gasteiger partial charge is 0.265 e. The highest BCUT2D eigenvalue weighted by atomic mass is 32.1. The minimum Gasteiger partial charge on any atom is -0.338 e. The van der Waals surface area contributed by atoms with Crippen molar-refractivity contribution in [1.82, 2.24) is 14.9 Å². The van der Waals surface area contributed by atoms with Gasteiger partial charge in [-0.05, 0) is 12.3 Å². The number of aromatic nitrogens is 2. The first-order valence-corrected chi connectivity index (χ1v) is 7.65. The molecule has 1 aliphatic rings. The van der Waals surface area contributed by atoms with E-state index in [0.717, 1.165) is 30.8 Å². The van der Waals surface area contributed by atoms with Gasteiger partial charge in [0.15, 0.2) is 0 Å². The standard InChI is InChI=1S/C12H13N3OS2/c16-12(10-6-13-8-18-10)15-3-1-9(7-15)5-11-14-2-4-17-11/h2,4,6,8-9H,1,3,5,7H2. The third kappa shape index (κ3) is 2.44. The molecule has 1 aliphatic heterocycles. The maximum atomic E-state index is 12.1. The number of nitrogens with zero attached hydrogens (tertiary/aromatic N) is 3. The van der Waals surface area contributed by atoms with Gasteiger partial charge in [-0.25, -0.2) is 4.98 Å². The topological polar surface area (TPSA) is 46.1 Å². The molecule has 1 saturated heterocycles.